The van der Waals surface area contributed by atoms with E-state index < -0.39 is 5.92 Å². The zero-order valence-electron chi connectivity index (χ0n) is 14.2. The molecule has 0 aliphatic carbocycles. The lowest BCUT2D eigenvalue weighted by molar-refractivity contribution is 0.0155. The highest BCUT2D eigenvalue weighted by atomic mass is 19.3. The van der Waals surface area contributed by atoms with Gasteiger partial charge in [0.15, 0.2) is 5.75 Å². The highest BCUT2D eigenvalue weighted by molar-refractivity contribution is 5.37. The Morgan fingerprint density at radius 1 is 1.23 bits per heavy atom. The van der Waals surface area contributed by atoms with Crippen molar-refractivity contribution in [3.05, 3.63) is 59.2 Å². The van der Waals surface area contributed by atoms with Crippen molar-refractivity contribution in [3.8, 4) is 11.7 Å². The van der Waals surface area contributed by atoms with Gasteiger partial charge in [-0.25, -0.2) is 18.7 Å². The lowest BCUT2D eigenvalue weighted by atomic mass is 9.98. The Morgan fingerprint density at radius 3 is 2.58 bits per heavy atom. The molecule has 0 radical (unpaired) electrons. The molecule has 0 bridgehead atoms. The Hall–Kier alpha value is -2.94. The van der Waals surface area contributed by atoms with Crippen molar-refractivity contribution in [3.63, 3.8) is 0 Å². The van der Waals surface area contributed by atoms with Crippen LogP contribution in [0.2, 0.25) is 0 Å². The normalized spacial score (nSPS) is 11.6. The molecule has 136 valence electrons. The molecular formula is C17H17F2N5O2. The number of aromatic nitrogens is 5. The van der Waals surface area contributed by atoms with Crippen molar-refractivity contribution in [2.75, 3.05) is 0 Å². The summed E-state index contributed by atoms with van der Waals surface area (Å²) in [5.41, 5.74) is 1.49. The Morgan fingerprint density at radius 2 is 1.96 bits per heavy atom. The summed E-state index contributed by atoms with van der Waals surface area (Å²) < 4.78 is 34.5. The molecule has 2 heterocycles. The van der Waals surface area contributed by atoms with Crippen LogP contribution in [0.1, 0.15) is 29.3 Å². The van der Waals surface area contributed by atoms with Gasteiger partial charge < -0.3 is 9.84 Å². The SMILES string of the molecule is Cc1cccc(C(C)(F)F)c1COc1cnc(-n2cc(CO)nn2)nc1. The van der Waals surface area contributed by atoms with E-state index >= 15 is 0 Å². The van der Waals surface area contributed by atoms with E-state index in [9.17, 15) is 8.78 Å². The molecule has 26 heavy (non-hydrogen) atoms. The number of aryl methyl sites for hydroxylation is 1. The van der Waals surface area contributed by atoms with E-state index in [4.69, 9.17) is 9.84 Å². The molecule has 1 aromatic carbocycles. The van der Waals surface area contributed by atoms with Crippen LogP contribution in [0, 0.1) is 6.92 Å². The molecule has 2 aromatic heterocycles. The summed E-state index contributed by atoms with van der Waals surface area (Å²) in [7, 11) is 0. The van der Waals surface area contributed by atoms with Gasteiger partial charge in [-0.15, -0.1) is 5.10 Å². The number of aliphatic hydroxyl groups excluding tert-OH is 1. The third-order valence-corrected chi connectivity index (χ3v) is 3.79. The highest BCUT2D eigenvalue weighted by Crippen LogP contribution is 2.32. The Kier molecular flexibility index (Phi) is 4.90. The predicted molar refractivity (Wildman–Crippen MR) is 88.0 cm³/mol. The number of ether oxygens (including phenoxy) is 1. The maximum Gasteiger partial charge on any atom is 0.270 e. The van der Waals surface area contributed by atoms with Crippen LogP contribution >= 0.6 is 0 Å². The molecule has 3 aromatic rings. The van der Waals surface area contributed by atoms with Gasteiger partial charge in [0.2, 0.25) is 0 Å². The number of halogens is 2. The van der Waals surface area contributed by atoms with Crippen molar-refractivity contribution in [1.82, 2.24) is 25.0 Å². The van der Waals surface area contributed by atoms with Gasteiger partial charge in [0.1, 0.15) is 12.3 Å². The van der Waals surface area contributed by atoms with Gasteiger partial charge >= 0.3 is 0 Å². The van der Waals surface area contributed by atoms with Gasteiger partial charge in [0.25, 0.3) is 11.9 Å². The molecule has 0 saturated carbocycles. The van der Waals surface area contributed by atoms with E-state index in [1.54, 1.807) is 19.1 Å². The number of alkyl halides is 2. The van der Waals surface area contributed by atoms with E-state index in [2.05, 4.69) is 20.3 Å². The van der Waals surface area contributed by atoms with Crippen molar-refractivity contribution < 1.29 is 18.6 Å². The van der Waals surface area contributed by atoms with Crippen molar-refractivity contribution in [2.45, 2.75) is 33.0 Å². The molecule has 0 aliphatic heterocycles. The van der Waals surface area contributed by atoms with E-state index in [0.717, 1.165) is 12.5 Å². The first-order chi connectivity index (χ1) is 12.4. The Labute approximate surface area is 148 Å². The topological polar surface area (TPSA) is 86.0 Å². The largest absolute Gasteiger partial charge is 0.486 e. The first kappa shape index (κ1) is 17.9. The van der Waals surface area contributed by atoms with Gasteiger partial charge in [-0.1, -0.05) is 23.4 Å². The van der Waals surface area contributed by atoms with Crippen LogP contribution in [0.25, 0.3) is 5.95 Å². The smallest absolute Gasteiger partial charge is 0.270 e. The summed E-state index contributed by atoms with van der Waals surface area (Å²) in [6.07, 6.45) is 4.34. The third kappa shape index (κ3) is 3.83. The fourth-order valence-electron chi connectivity index (χ4n) is 2.43. The summed E-state index contributed by atoms with van der Waals surface area (Å²) in [4.78, 5) is 8.19. The summed E-state index contributed by atoms with van der Waals surface area (Å²) >= 11 is 0. The fourth-order valence-corrected chi connectivity index (χ4v) is 2.43. The summed E-state index contributed by atoms with van der Waals surface area (Å²) in [5.74, 6) is -2.37. The predicted octanol–water partition coefficient (Wildman–Crippen LogP) is 2.55. The number of benzene rings is 1. The van der Waals surface area contributed by atoms with Gasteiger partial charge in [-0.2, -0.15) is 4.68 Å². The minimum Gasteiger partial charge on any atom is -0.486 e. The molecule has 1 N–H and O–H groups in total. The van der Waals surface area contributed by atoms with Crippen LogP contribution in [0.5, 0.6) is 5.75 Å². The maximum atomic E-state index is 13.8. The van der Waals surface area contributed by atoms with E-state index in [1.165, 1.54) is 29.3 Å². The first-order valence-corrected chi connectivity index (χ1v) is 7.82. The second-order valence-corrected chi connectivity index (χ2v) is 5.81. The molecular weight excluding hydrogens is 344 g/mol. The zero-order valence-corrected chi connectivity index (χ0v) is 14.2. The van der Waals surface area contributed by atoms with Crippen LogP contribution in [-0.2, 0) is 19.1 Å². The number of hydrogen-bond acceptors (Lipinski definition) is 6. The lowest BCUT2D eigenvalue weighted by Gasteiger charge is -2.18. The van der Waals surface area contributed by atoms with Gasteiger partial charge in [-0.05, 0) is 12.5 Å². The molecule has 0 aliphatic rings. The van der Waals surface area contributed by atoms with Crippen LogP contribution in [0.3, 0.4) is 0 Å². The van der Waals surface area contributed by atoms with Crippen LogP contribution in [-0.4, -0.2) is 30.1 Å². The highest BCUT2D eigenvalue weighted by Gasteiger charge is 2.28. The van der Waals surface area contributed by atoms with Crippen LogP contribution < -0.4 is 4.74 Å². The summed E-state index contributed by atoms with van der Waals surface area (Å²) in [5, 5.41) is 16.5. The quantitative estimate of drug-likeness (QED) is 0.726. The molecule has 0 unspecified atom stereocenters. The second kappa shape index (κ2) is 7.12. The fraction of sp³-hybridized carbons (Fsp3) is 0.294. The number of hydrogen-bond donors (Lipinski definition) is 1. The minimum absolute atomic E-state index is 0.0217. The van der Waals surface area contributed by atoms with Crippen molar-refractivity contribution >= 4 is 0 Å². The average molecular weight is 361 g/mol. The lowest BCUT2D eigenvalue weighted by Crippen LogP contribution is -2.13. The minimum atomic E-state index is -2.96. The van der Waals surface area contributed by atoms with Crippen LogP contribution in [0.15, 0.2) is 36.8 Å². The van der Waals surface area contributed by atoms with Gasteiger partial charge in [0.05, 0.1) is 25.2 Å². The number of nitrogens with zero attached hydrogens (tertiary/aromatic N) is 5. The zero-order chi connectivity index (χ0) is 18.7. The molecule has 0 fully saturated rings. The third-order valence-electron chi connectivity index (χ3n) is 3.79. The molecule has 9 heteroatoms. The number of rotatable bonds is 6. The summed E-state index contributed by atoms with van der Waals surface area (Å²) in [6.45, 7) is 2.37. The molecule has 7 nitrogen and oxygen atoms in total. The standard InChI is InChI=1S/C17H17F2N5O2/c1-11-4-3-5-15(17(2,18)19)14(11)10-26-13-6-20-16(21-7-13)24-8-12(9-25)22-23-24/h3-8,25H,9-10H2,1-2H3. The monoisotopic (exact) mass is 361 g/mol. The van der Waals surface area contributed by atoms with Crippen molar-refractivity contribution in [1.29, 1.82) is 0 Å². The molecule has 0 spiro atoms. The average Bonchev–Trinajstić information content (AvgIpc) is 3.09. The Balaban J connectivity index is 1.75. The van der Waals surface area contributed by atoms with Gasteiger partial charge in [-0.3, -0.25) is 0 Å². The Bertz CT molecular complexity index is 891. The summed E-state index contributed by atoms with van der Waals surface area (Å²) in [6, 6.07) is 4.76. The maximum absolute atomic E-state index is 13.8. The molecule has 3 rings (SSSR count). The molecule has 0 saturated heterocycles. The van der Waals surface area contributed by atoms with E-state index in [1.807, 2.05) is 0 Å². The van der Waals surface area contributed by atoms with Gasteiger partial charge in [0, 0.05) is 18.1 Å². The van der Waals surface area contributed by atoms with Crippen LogP contribution in [0.4, 0.5) is 8.78 Å². The van der Waals surface area contributed by atoms with E-state index in [-0.39, 0.29) is 24.7 Å². The van der Waals surface area contributed by atoms with Crippen molar-refractivity contribution in [2.24, 2.45) is 0 Å². The first-order valence-electron chi connectivity index (χ1n) is 7.82. The van der Waals surface area contributed by atoms with E-state index in [0.29, 0.717) is 17.0 Å². The molecule has 0 atom stereocenters. The second-order valence-electron chi connectivity index (χ2n) is 5.81. The number of aliphatic hydroxyl groups is 1. The molecule has 0 amide bonds.